The number of cyclic esters (lactones) is 1. The third kappa shape index (κ3) is 7.24. The second-order valence-electron chi connectivity index (χ2n) is 9.65. The smallest absolute Gasteiger partial charge is 0.342 e. The first-order valence-corrected chi connectivity index (χ1v) is 13.2. The maximum atomic E-state index is 13.0. The Labute approximate surface area is 216 Å². The van der Waals surface area contributed by atoms with E-state index in [0.717, 1.165) is 19.0 Å². The lowest BCUT2D eigenvalue weighted by atomic mass is 9.95. The fourth-order valence-corrected chi connectivity index (χ4v) is 4.95. The molecule has 8 nitrogen and oxygen atoms in total. The highest BCUT2D eigenvalue weighted by atomic mass is 35.5. The zero-order valence-corrected chi connectivity index (χ0v) is 21.4. The van der Waals surface area contributed by atoms with Gasteiger partial charge in [0.1, 0.15) is 35.9 Å². The van der Waals surface area contributed by atoms with Gasteiger partial charge in [-0.05, 0) is 44.4 Å². The summed E-state index contributed by atoms with van der Waals surface area (Å²) in [6, 6.07) is 1.64. The normalized spacial score (nSPS) is 27.9. The van der Waals surface area contributed by atoms with E-state index in [4.69, 9.17) is 25.9 Å². The van der Waals surface area contributed by atoms with Crippen molar-refractivity contribution in [2.75, 3.05) is 13.2 Å². The SMILES string of the molecule is CC1CC2OC2/C=C/C=C/C(=N\OCCCNC2CCCCC2)Cc2c(Cl)c(O)cc(O)c2C(=O)O1. The van der Waals surface area contributed by atoms with Crippen molar-refractivity contribution in [2.45, 2.75) is 82.6 Å². The Bertz CT molecular complexity index is 1020. The van der Waals surface area contributed by atoms with E-state index in [0.29, 0.717) is 24.8 Å². The lowest BCUT2D eigenvalue weighted by Crippen LogP contribution is -2.32. The average molecular weight is 519 g/mol. The Morgan fingerprint density at radius 2 is 2.00 bits per heavy atom. The summed E-state index contributed by atoms with van der Waals surface area (Å²) in [4.78, 5) is 18.6. The van der Waals surface area contributed by atoms with Crippen molar-refractivity contribution in [1.29, 1.82) is 0 Å². The average Bonchev–Trinajstić information content (AvgIpc) is 3.59. The molecule has 1 saturated heterocycles. The van der Waals surface area contributed by atoms with E-state index < -0.39 is 17.8 Å². The number of aromatic hydroxyl groups is 2. The Kier molecular flexibility index (Phi) is 9.29. The minimum atomic E-state index is -0.722. The molecular formula is C27H35ClN2O6. The summed E-state index contributed by atoms with van der Waals surface area (Å²) in [5.74, 6) is -1.46. The highest BCUT2D eigenvalue weighted by Gasteiger charge is 2.38. The molecule has 1 aliphatic carbocycles. The van der Waals surface area contributed by atoms with Crippen molar-refractivity contribution in [3.05, 3.63) is 46.5 Å². The standard InChI is InChI=1S/C27H35ClN2O6/c1-17-14-24-23(36-24)11-6-5-10-19(30-34-13-7-12-29-18-8-3-2-4-9-18)15-20-25(27(33)35-17)21(31)16-22(32)26(20)28/h5-6,10-11,16-18,23-24,29,31-32H,2-4,7-9,12-15H2,1H3/b10-5+,11-6+,30-19+. The Morgan fingerprint density at radius 1 is 1.19 bits per heavy atom. The highest BCUT2D eigenvalue weighted by molar-refractivity contribution is 6.33. The minimum Gasteiger partial charge on any atom is -0.507 e. The van der Waals surface area contributed by atoms with Crippen LogP contribution in [-0.4, -0.2) is 59.4 Å². The number of hydrogen-bond acceptors (Lipinski definition) is 8. The number of nitrogens with zero attached hydrogens (tertiary/aromatic N) is 1. The van der Waals surface area contributed by atoms with Gasteiger partial charge < -0.3 is 29.8 Å². The maximum absolute atomic E-state index is 13.0. The Morgan fingerprint density at radius 3 is 2.81 bits per heavy atom. The monoisotopic (exact) mass is 518 g/mol. The third-order valence-electron chi connectivity index (χ3n) is 6.71. The molecule has 3 atom stereocenters. The van der Waals surface area contributed by atoms with Crippen LogP contribution in [0.3, 0.4) is 0 Å². The number of benzene rings is 1. The van der Waals surface area contributed by atoms with E-state index in [1.807, 2.05) is 18.2 Å². The summed E-state index contributed by atoms with van der Waals surface area (Å²) in [5, 5.41) is 28.5. The predicted octanol–water partition coefficient (Wildman–Crippen LogP) is 4.81. The third-order valence-corrected chi connectivity index (χ3v) is 7.13. The first-order chi connectivity index (χ1) is 17.4. The van der Waals surface area contributed by atoms with Crippen molar-refractivity contribution in [3.8, 4) is 11.5 Å². The van der Waals surface area contributed by atoms with Gasteiger partial charge in [-0.2, -0.15) is 0 Å². The number of rotatable bonds is 6. The summed E-state index contributed by atoms with van der Waals surface area (Å²) in [5.41, 5.74) is 0.599. The molecule has 36 heavy (non-hydrogen) atoms. The van der Waals surface area contributed by atoms with Crippen LogP contribution in [0.2, 0.25) is 5.02 Å². The van der Waals surface area contributed by atoms with Crippen molar-refractivity contribution in [3.63, 3.8) is 0 Å². The molecule has 1 saturated carbocycles. The number of fused-ring (bicyclic) bond motifs is 2. The number of phenols is 2. The van der Waals surface area contributed by atoms with Crippen LogP contribution < -0.4 is 5.32 Å². The second kappa shape index (κ2) is 12.6. The molecule has 4 rings (SSSR count). The second-order valence-corrected chi connectivity index (χ2v) is 10.0. The quantitative estimate of drug-likeness (QED) is 0.214. The van der Waals surface area contributed by atoms with Crippen molar-refractivity contribution < 1.29 is 29.3 Å². The number of epoxide rings is 1. The Balaban J connectivity index is 1.49. The molecule has 0 radical (unpaired) electrons. The molecule has 196 valence electrons. The predicted molar refractivity (Wildman–Crippen MR) is 138 cm³/mol. The number of allylic oxidation sites excluding steroid dienone is 3. The van der Waals surface area contributed by atoms with Gasteiger partial charge in [-0.25, -0.2) is 4.79 Å². The number of esters is 1. The van der Waals surface area contributed by atoms with Gasteiger partial charge in [-0.3, -0.25) is 0 Å². The van der Waals surface area contributed by atoms with E-state index >= 15 is 0 Å². The van der Waals surface area contributed by atoms with Gasteiger partial charge in [0, 0.05) is 24.9 Å². The summed E-state index contributed by atoms with van der Waals surface area (Å²) in [6.07, 6.45) is 14.6. The van der Waals surface area contributed by atoms with Gasteiger partial charge in [0.25, 0.3) is 0 Å². The van der Waals surface area contributed by atoms with Gasteiger partial charge in [0.05, 0.1) is 16.8 Å². The molecule has 0 aromatic heterocycles. The van der Waals surface area contributed by atoms with Crippen LogP contribution in [0.15, 0.2) is 35.5 Å². The van der Waals surface area contributed by atoms with Gasteiger partial charge in [0.15, 0.2) is 0 Å². The number of hydrogen-bond donors (Lipinski definition) is 3. The highest BCUT2D eigenvalue weighted by Crippen LogP contribution is 2.38. The number of phenolic OH excluding ortho intramolecular Hbond substituents is 2. The van der Waals surface area contributed by atoms with Crippen LogP contribution in [0.5, 0.6) is 11.5 Å². The van der Waals surface area contributed by atoms with Gasteiger partial charge in [-0.1, -0.05) is 54.2 Å². The molecule has 1 aromatic rings. The van der Waals surface area contributed by atoms with Crippen LogP contribution in [0, 0.1) is 0 Å². The number of carbonyl (C=O) groups is 1. The lowest BCUT2D eigenvalue weighted by molar-refractivity contribution is 0.0306. The zero-order chi connectivity index (χ0) is 25.5. The molecule has 0 amide bonds. The summed E-state index contributed by atoms with van der Waals surface area (Å²) in [7, 11) is 0. The minimum absolute atomic E-state index is 0.0286. The fraction of sp³-hybridized carbons (Fsp3) is 0.556. The molecule has 0 bridgehead atoms. The summed E-state index contributed by atoms with van der Waals surface area (Å²) < 4.78 is 11.2. The number of nitrogens with one attached hydrogen (secondary N) is 1. The molecule has 3 aliphatic rings. The van der Waals surface area contributed by atoms with Gasteiger partial charge >= 0.3 is 5.97 Å². The summed E-state index contributed by atoms with van der Waals surface area (Å²) in [6.45, 7) is 3.06. The van der Waals surface area contributed by atoms with Crippen LogP contribution in [-0.2, 0) is 20.7 Å². The number of carbonyl (C=O) groups excluding carboxylic acids is 1. The Hall–Kier alpha value is -2.55. The molecule has 2 heterocycles. The molecule has 2 fully saturated rings. The molecule has 1 aromatic carbocycles. The van der Waals surface area contributed by atoms with Crippen LogP contribution in [0.25, 0.3) is 0 Å². The van der Waals surface area contributed by atoms with E-state index in [1.165, 1.54) is 32.1 Å². The van der Waals surface area contributed by atoms with E-state index in [-0.39, 0.29) is 40.5 Å². The van der Waals surface area contributed by atoms with Crippen molar-refractivity contribution in [1.82, 2.24) is 5.32 Å². The van der Waals surface area contributed by atoms with E-state index in [1.54, 1.807) is 13.0 Å². The van der Waals surface area contributed by atoms with E-state index in [9.17, 15) is 15.0 Å². The number of ether oxygens (including phenoxy) is 2. The zero-order valence-electron chi connectivity index (χ0n) is 20.6. The molecule has 0 spiro atoms. The molecule has 2 aliphatic heterocycles. The lowest BCUT2D eigenvalue weighted by Gasteiger charge is -2.22. The van der Waals surface area contributed by atoms with E-state index in [2.05, 4.69) is 10.5 Å². The largest absolute Gasteiger partial charge is 0.507 e. The first-order valence-electron chi connectivity index (χ1n) is 12.8. The van der Waals surface area contributed by atoms with Crippen molar-refractivity contribution in [2.24, 2.45) is 5.16 Å². The number of halogens is 1. The van der Waals surface area contributed by atoms with Crippen LogP contribution in [0.1, 0.15) is 67.8 Å². The van der Waals surface area contributed by atoms with Crippen LogP contribution in [0.4, 0.5) is 0 Å². The molecule has 3 unspecified atom stereocenters. The fourth-order valence-electron chi connectivity index (χ4n) is 4.73. The maximum Gasteiger partial charge on any atom is 0.342 e. The van der Waals surface area contributed by atoms with Gasteiger partial charge in [0.2, 0.25) is 0 Å². The van der Waals surface area contributed by atoms with Crippen LogP contribution >= 0.6 is 11.6 Å². The first kappa shape index (κ1) is 26.5. The van der Waals surface area contributed by atoms with Gasteiger partial charge in [-0.15, -0.1) is 0 Å². The molecular weight excluding hydrogens is 484 g/mol. The summed E-state index contributed by atoms with van der Waals surface area (Å²) >= 11 is 6.38. The van der Waals surface area contributed by atoms with Crippen molar-refractivity contribution >= 4 is 23.3 Å². The molecule has 9 heteroatoms. The molecule has 3 N–H and O–H groups in total. The number of oxime groups is 1. The topological polar surface area (TPSA) is 113 Å².